The van der Waals surface area contributed by atoms with E-state index >= 15 is 0 Å². The summed E-state index contributed by atoms with van der Waals surface area (Å²) in [5, 5.41) is 0.598. The molecule has 0 unspecified atom stereocenters. The number of halogens is 2. The van der Waals surface area contributed by atoms with Crippen molar-refractivity contribution in [3.63, 3.8) is 0 Å². The van der Waals surface area contributed by atoms with Crippen molar-refractivity contribution < 1.29 is 4.79 Å². The lowest BCUT2D eigenvalue weighted by Gasteiger charge is -2.30. The fourth-order valence-electron chi connectivity index (χ4n) is 4.46. The van der Waals surface area contributed by atoms with Crippen LogP contribution in [0, 0.1) is 5.92 Å². The van der Waals surface area contributed by atoms with Gasteiger partial charge in [0.1, 0.15) is 5.82 Å². The molecule has 5 rings (SSSR count). The van der Waals surface area contributed by atoms with Crippen molar-refractivity contribution >= 4 is 40.5 Å². The molecule has 2 aromatic carbocycles. The molecule has 1 aliphatic carbocycles. The molecule has 0 fully saturated rings. The van der Waals surface area contributed by atoms with Gasteiger partial charge in [-0.05, 0) is 11.6 Å². The molecule has 150 valence electrons. The van der Waals surface area contributed by atoms with Gasteiger partial charge in [-0.1, -0.05) is 59.6 Å². The Balaban J connectivity index is 1.94. The lowest BCUT2D eigenvalue weighted by Crippen LogP contribution is -2.43. The highest BCUT2D eigenvalue weighted by Gasteiger charge is 2.48. The molecule has 0 N–H and O–H groups in total. The highest BCUT2D eigenvalue weighted by atomic mass is 35.5. The van der Waals surface area contributed by atoms with Crippen LogP contribution in [0.3, 0.4) is 0 Å². The molecule has 2 aliphatic rings. The lowest BCUT2D eigenvalue weighted by atomic mass is 9.76. The molecule has 0 spiro atoms. The number of ketones is 1. The van der Waals surface area contributed by atoms with Crippen LogP contribution in [0.5, 0.6) is 0 Å². The van der Waals surface area contributed by atoms with Crippen molar-refractivity contribution in [1.82, 2.24) is 9.13 Å². The number of hydrogen-bond donors (Lipinski definition) is 0. The van der Waals surface area contributed by atoms with E-state index in [0.717, 1.165) is 4.57 Å². The maximum atomic E-state index is 13.4. The number of carbonyl (C=O) groups excluding carboxylic acids is 1. The van der Waals surface area contributed by atoms with Gasteiger partial charge in [0.2, 0.25) is 0 Å². The SMILES string of the molecule is Cn1c2c(c(=O)n(C)c1=O)[C@H](c1cccc(Cl)c1Cl)[C@H]1C(=O)c3ccccc3C1=N2. The molecule has 1 aromatic heterocycles. The number of fused-ring (bicyclic) bond motifs is 4. The van der Waals surface area contributed by atoms with Crippen LogP contribution in [-0.2, 0) is 14.1 Å². The molecule has 0 bridgehead atoms. The van der Waals surface area contributed by atoms with E-state index in [-0.39, 0.29) is 22.2 Å². The monoisotopic (exact) mass is 439 g/mol. The summed E-state index contributed by atoms with van der Waals surface area (Å²) >= 11 is 12.8. The highest BCUT2D eigenvalue weighted by Crippen LogP contribution is 2.48. The van der Waals surface area contributed by atoms with Gasteiger partial charge in [-0.25, -0.2) is 9.79 Å². The molecular formula is C22H15Cl2N3O3. The first-order valence-electron chi connectivity index (χ1n) is 9.29. The summed E-state index contributed by atoms with van der Waals surface area (Å²) in [5.41, 5.74) is 1.61. The second kappa shape index (κ2) is 6.52. The van der Waals surface area contributed by atoms with E-state index in [4.69, 9.17) is 23.2 Å². The summed E-state index contributed by atoms with van der Waals surface area (Å²) in [7, 11) is 2.97. The van der Waals surface area contributed by atoms with Crippen LogP contribution in [0.4, 0.5) is 5.82 Å². The van der Waals surface area contributed by atoms with E-state index in [0.29, 0.717) is 27.4 Å². The van der Waals surface area contributed by atoms with Gasteiger partial charge in [0.25, 0.3) is 5.56 Å². The molecular weight excluding hydrogens is 425 g/mol. The number of Topliss-reactive ketones (excluding diaryl/α,β-unsaturated/α-hetero) is 1. The average molecular weight is 440 g/mol. The second-order valence-corrected chi connectivity index (χ2v) is 8.23. The van der Waals surface area contributed by atoms with Gasteiger partial charge >= 0.3 is 5.69 Å². The maximum absolute atomic E-state index is 13.4. The number of aromatic nitrogens is 2. The molecule has 0 saturated carbocycles. The first-order chi connectivity index (χ1) is 14.3. The van der Waals surface area contributed by atoms with Crippen LogP contribution in [0.15, 0.2) is 57.0 Å². The van der Waals surface area contributed by atoms with E-state index in [1.165, 1.54) is 11.6 Å². The topological polar surface area (TPSA) is 73.4 Å². The number of carbonyl (C=O) groups is 1. The molecule has 2 atom stereocenters. The van der Waals surface area contributed by atoms with Gasteiger partial charge in [0.05, 0.1) is 27.2 Å². The third kappa shape index (κ3) is 2.38. The Kier molecular flexibility index (Phi) is 4.14. The van der Waals surface area contributed by atoms with E-state index in [2.05, 4.69) is 4.99 Å². The molecule has 6 nitrogen and oxygen atoms in total. The maximum Gasteiger partial charge on any atom is 0.332 e. The summed E-state index contributed by atoms with van der Waals surface area (Å²) in [6.07, 6.45) is 0. The highest BCUT2D eigenvalue weighted by molar-refractivity contribution is 6.42. The van der Waals surface area contributed by atoms with E-state index < -0.39 is 23.1 Å². The van der Waals surface area contributed by atoms with Crippen molar-refractivity contribution in [3.8, 4) is 0 Å². The minimum Gasteiger partial charge on any atom is -0.293 e. The zero-order chi connectivity index (χ0) is 21.3. The zero-order valence-electron chi connectivity index (χ0n) is 16.0. The van der Waals surface area contributed by atoms with E-state index in [9.17, 15) is 14.4 Å². The molecule has 8 heteroatoms. The number of aliphatic imine (C=N–C) groups is 1. The van der Waals surface area contributed by atoms with Gasteiger partial charge < -0.3 is 0 Å². The molecule has 1 aliphatic heterocycles. The predicted octanol–water partition coefficient (Wildman–Crippen LogP) is 3.47. The summed E-state index contributed by atoms with van der Waals surface area (Å²) in [4.78, 5) is 43.9. The van der Waals surface area contributed by atoms with Crippen molar-refractivity contribution in [2.24, 2.45) is 25.0 Å². The number of rotatable bonds is 1. The van der Waals surface area contributed by atoms with Crippen LogP contribution in [0.25, 0.3) is 0 Å². The quantitative estimate of drug-likeness (QED) is 0.582. The third-order valence-corrected chi connectivity index (χ3v) is 6.73. The Hall–Kier alpha value is -2.96. The second-order valence-electron chi connectivity index (χ2n) is 7.45. The predicted molar refractivity (Wildman–Crippen MR) is 116 cm³/mol. The molecule has 0 amide bonds. The number of hydrogen-bond acceptors (Lipinski definition) is 4. The Morgan fingerprint density at radius 1 is 0.867 bits per heavy atom. The van der Waals surface area contributed by atoms with Crippen molar-refractivity contribution in [3.05, 3.63) is 95.6 Å². The Morgan fingerprint density at radius 2 is 1.57 bits per heavy atom. The van der Waals surface area contributed by atoms with Gasteiger partial charge in [-0.3, -0.25) is 18.7 Å². The van der Waals surface area contributed by atoms with E-state index in [1.807, 2.05) is 12.1 Å². The third-order valence-electron chi connectivity index (χ3n) is 5.90. The Morgan fingerprint density at radius 3 is 2.30 bits per heavy atom. The zero-order valence-corrected chi connectivity index (χ0v) is 17.5. The Labute approximate surface area is 181 Å². The normalized spacial score (nSPS) is 19.2. The van der Waals surface area contributed by atoms with Crippen LogP contribution < -0.4 is 11.2 Å². The molecule has 2 heterocycles. The largest absolute Gasteiger partial charge is 0.332 e. The average Bonchev–Trinajstić information content (AvgIpc) is 3.04. The minimum atomic E-state index is -0.726. The van der Waals surface area contributed by atoms with Crippen molar-refractivity contribution in [2.75, 3.05) is 0 Å². The fourth-order valence-corrected chi connectivity index (χ4v) is 4.89. The smallest absolute Gasteiger partial charge is 0.293 e. The molecule has 0 saturated heterocycles. The first-order valence-corrected chi connectivity index (χ1v) is 10.0. The van der Waals surface area contributed by atoms with Crippen LogP contribution in [0.2, 0.25) is 10.0 Å². The summed E-state index contributed by atoms with van der Waals surface area (Å²) in [6.45, 7) is 0. The lowest BCUT2D eigenvalue weighted by molar-refractivity contribution is 0.0953. The Bertz CT molecular complexity index is 1420. The van der Waals surface area contributed by atoms with Crippen molar-refractivity contribution in [2.45, 2.75) is 5.92 Å². The van der Waals surface area contributed by atoms with Gasteiger partial charge in [0, 0.05) is 31.1 Å². The van der Waals surface area contributed by atoms with Gasteiger partial charge in [0.15, 0.2) is 5.78 Å². The van der Waals surface area contributed by atoms with Gasteiger partial charge in [-0.15, -0.1) is 0 Å². The molecule has 3 aromatic rings. The number of nitrogens with zero attached hydrogens (tertiary/aromatic N) is 3. The van der Waals surface area contributed by atoms with Crippen molar-refractivity contribution in [1.29, 1.82) is 0 Å². The summed E-state index contributed by atoms with van der Waals surface area (Å²) in [5.74, 6) is -1.34. The summed E-state index contributed by atoms with van der Waals surface area (Å²) in [6, 6.07) is 12.3. The number of benzene rings is 2. The van der Waals surface area contributed by atoms with Gasteiger partial charge in [-0.2, -0.15) is 0 Å². The van der Waals surface area contributed by atoms with Crippen LogP contribution in [-0.4, -0.2) is 20.6 Å². The fraction of sp³-hybridized carbons (Fsp3) is 0.182. The molecule has 0 radical (unpaired) electrons. The minimum absolute atomic E-state index is 0.132. The standard InChI is InChI=1S/C22H15Cl2N3O3/c1-26-20-16(21(29)27(2)22(26)30)14(12-8-5-9-13(23)17(12)24)15-18(25-20)10-6-3-4-7-11(10)19(15)28/h3-9,14-15H,1-2H3/t14-,15-/m1/s1. The van der Waals surface area contributed by atoms with Crippen LogP contribution in [0.1, 0.15) is 33.0 Å². The van der Waals surface area contributed by atoms with E-state index in [1.54, 1.807) is 37.4 Å². The first kappa shape index (κ1) is 19.0. The summed E-state index contributed by atoms with van der Waals surface area (Å²) < 4.78 is 2.36. The van der Waals surface area contributed by atoms with Crippen LogP contribution >= 0.6 is 23.2 Å². The molecule has 30 heavy (non-hydrogen) atoms.